The first kappa shape index (κ1) is 12.6. The van der Waals surface area contributed by atoms with Gasteiger partial charge in [-0.05, 0) is 6.42 Å². The van der Waals surface area contributed by atoms with Crippen molar-refractivity contribution in [1.82, 2.24) is 10.6 Å². The number of carbonyl (C=O) groups is 1. The van der Waals surface area contributed by atoms with Crippen LogP contribution in [0.3, 0.4) is 0 Å². The number of nitrogens with one attached hydrogen (secondary N) is 2. The average molecular weight is 245 g/mol. The van der Waals surface area contributed by atoms with E-state index in [-0.39, 0.29) is 11.9 Å². The van der Waals surface area contributed by atoms with Gasteiger partial charge in [0.2, 0.25) is 5.91 Å². The summed E-state index contributed by atoms with van der Waals surface area (Å²) in [5, 5.41) is 6.09. The zero-order chi connectivity index (χ0) is 12.8. The van der Waals surface area contributed by atoms with Gasteiger partial charge in [0.25, 0.3) is 0 Å². The molecular weight excluding hydrogens is 226 g/mol. The normalized spacial score (nSPS) is 18.1. The zero-order valence-electron chi connectivity index (χ0n) is 10.6. The maximum atomic E-state index is 11.9. The Bertz CT molecular complexity index is 428. The van der Waals surface area contributed by atoms with E-state index in [1.54, 1.807) is 0 Å². The molecule has 0 radical (unpaired) electrons. The molecule has 1 atom stereocenters. The molecule has 2 N–H and O–H groups in total. The van der Waals surface area contributed by atoms with Crippen LogP contribution in [0.25, 0.3) is 0 Å². The van der Waals surface area contributed by atoms with Crippen molar-refractivity contribution < 1.29 is 4.79 Å². The molecule has 1 heterocycles. The Labute approximate surface area is 108 Å². The lowest BCUT2D eigenvalue weighted by molar-refractivity contribution is -0.122. The smallest absolute Gasteiger partial charge is 0.244 e. The summed E-state index contributed by atoms with van der Waals surface area (Å²) >= 11 is 0. The van der Waals surface area contributed by atoms with Gasteiger partial charge in [-0.1, -0.05) is 43.7 Å². The van der Waals surface area contributed by atoms with Crippen molar-refractivity contribution in [2.45, 2.75) is 25.8 Å². The second kappa shape index (κ2) is 6.19. The predicted octanol–water partition coefficient (Wildman–Crippen LogP) is 1.32. The van der Waals surface area contributed by atoms with Crippen LogP contribution in [0.4, 0.5) is 0 Å². The van der Waals surface area contributed by atoms with Gasteiger partial charge in [0.15, 0.2) is 0 Å². The lowest BCUT2D eigenvalue weighted by atomic mass is 10.2. The summed E-state index contributed by atoms with van der Waals surface area (Å²) in [6.45, 7) is 3.37. The molecular formula is C14H19N3O. The highest BCUT2D eigenvalue weighted by atomic mass is 16.2. The van der Waals surface area contributed by atoms with Gasteiger partial charge in [0.1, 0.15) is 11.9 Å². The van der Waals surface area contributed by atoms with Crippen LogP contribution in [0, 0.1) is 0 Å². The molecule has 1 aromatic rings. The fourth-order valence-electron chi connectivity index (χ4n) is 1.87. The number of hydrogen-bond donors (Lipinski definition) is 2. The Balaban J connectivity index is 1.86. The van der Waals surface area contributed by atoms with Gasteiger partial charge in [-0.3, -0.25) is 9.79 Å². The van der Waals surface area contributed by atoms with Gasteiger partial charge >= 0.3 is 0 Å². The molecule has 0 bridgehead atoms. The van der Waals surface area contributed by atoms with E-state index in [0.717, 1.165) is 30.8 Å². The van der Waals surface area contributed by atoms with Crippen molar-refractivity contribution in [2.24, 2.45) is 4.99 Å². The number of benzene rings is 1. The van der Waals surface area contributed by atoms with E-state index >= 15 is 0 Å². The van der Waals surface area contributed by atoms with E-state index in [4.69, 9.17) is 0 Å². The highest BCUT2D eigenvalue weighted by Gasteiger charge is 2.24. The van der Waals surface area contributed by atoms with Crippen LogP contribution in [0.2, 0.25) is 0 Å². The summed E-state index contributed by atoms with van der Waals surface area (Å²) in [6, 6.07) is 9.65. The molecule has 0 aliphatic carbocycles. The van der Waals surface area contributed by atoms with Crippen molar-refractivity contribution in [1.29, 1.82) is 0 Å². The molecule has 1 aliphatic heterocycles. The minimum absolute atomic E-state index is 0.0399. The molecule has 2 rings (SSSR count). The Hall–Kier alpha value is -1.84. The van der Waals surface area contributed by atoms with E-state index in [2.05, 4.69) is 22.5 Å². The molecule has 4 heteroatoms. The molecule has 0 aromatic heterocycles. The summed E-state index contributed by atoms with van der Waals surface area (Å²) in [5.41, 5.74) is 1.03. The Kier molecular flexibility index (Phi) is 4.34. The van der Waals surface area contributed by atoms with E-state index in [1.165, 1.54) is 0 Å². The summed E-state index contributed by atoms with van der Waals surface area (Å²) in [6.07, 6.45) is 2.11. The first-order valence-corrected chi connectivity index (χ1v) is 6.45. The Morgan fingerprint density at radius 3 is 2.94 bits per heavy atom. The number of nitrogens with zero attached hydrogens (tertiary/aromatic N) is 1. The zero-order valence-corrected chi connectivity index (χ0v) is 10.6. The largest absolute Gasteiger partial charge is 0.357 e. The fraction of sp³-hybridized carbons (Fsp3) is 0.429. The molecule has 1 aliphatic rings. The highest BCUT2D eigenvalue weighted by molar-refractivity contribution is 6.03. The fourth-order valence-corrected chi connectivity index (χ4v) is 1.87. The Morgan fingerprint density at radius 2 is 2.22 bits per heavy atom. The van der Waals surface area contributed by atoms with Gasteiger partial charge in [-0.25, -0.2) is 0 Å². The molecule has 0 fully saturated rings. The van der Waals surface area contributed by atoms with Gasteiger partial charge in [0.05, 0.1) is 6.54 Å². The third kappa shape index (κ3) is 3.09. The standard InChI is InChI=1S/C14H19N3O/c1-2-3-9-15-14(18)12-10-16-13(17-12)11-7-5-4-6-8-11/h4-8,12H,2-3,9-10H2,1H3,(H,15,18)(H,16,17). The molecule has 0 saturated carbocycles. The van der Waals surface area contributed by atoms with E-state index in [9.17, 15) is 4.79 Å². The second-order valence-electron chi connectivity index (χ2n) is 4.40. The number of amides is 1. The van der Waals surface area contributed by atoms with E-state index in [0.29, 0.717) is 6.54 Å². The number of amidine groups is 1. The summed E-state index contributed by atoms with van der Waals surface area (Å²) in [5.74, 6) is 0.851. The second-order valence-corrected chi connectivity index (χ2v) is 4.40. The van der Waals surface area contributed by atoms with Gasteiger partial charge in [-0.2, -0.15) is 0 Å². The highest BCUT2D eigenvalue weighted by Crippen LogP contribution is 2.06. The topological polar surface area (TPSA) is 53.5 Å². The summed E-state index contributed by atoms with van der Waals surface area (Å²) in [7, 11) is 0. The van der Waals surface area contributed by atoms with Crippen LogP contribution in [0.1, 0.15) is 25.3 Å². The maximum Gasteiger partial charge on any atom is 0.244 e. The van der Waals surface area contributed by atoms with Crippen molar-refractivity contribution >= 4 is 11.7 Å². The summed E-state index contributed by atoms with van der Waals surface area (Å²) in [4.78, 5) is 16.2. The quantitative estimate of drug-likeness (QED) is 0.769. The molecule has 1 amide bonds. The molecule has 0 spiro atoms. The monoisotopic (exact) mass is 245 g/mol. The van der Waals surface area contributed by atoms with Crippen LogP contribution in [-0.2, 0) is 4.79 Å². The number of aliphatic imine (C=N–C) groups is 1. The van der Waals surface area contributed by atoms with Crippen LogP contribution < -0.4 is 10.6 Å². The third-order valence-electron chi connectivity index (χ3n) is 2.94. The number of rotatable bonds is 5. The molecule has 1 aromatic carbocycles. The molecule has 18 heavy (non-hydrogen) atoms. The predicted molar refractivity (Wildman–Crippen MR) is 72.7 cm³/mol. The number of hydrogen-bond acceptors (Lipinski definition) is 3. The minimum Gasteiger partial charge on any atom is -0.357 e. The van der Waals surface area contributed by atoms with Gasteiger partial charge < -0.3 is 10.6 Å². The van der Waals surface area contributed by atoms with E-state index < -0.39 is 0 Å². The van der Waals surface area contributed by atoms with Crippen LogP contribution in [0.5, 0.6) is 0 Å². The number of unbranched alkanes of at least 4 members (excludes halogenated alkanes) is 1. The minimum atomic E-state index is -0.225. The lowest BCUT2D eigenvalue weighted by Crippen LogP contribution is -2.44. The first-order chi connectivity index (χ1) is 8.81. The van der Waals surface area contributed by atoms with Crippen molar-refractivity contribution in [3.63, 3.8) is 0 Å². The van der Waals surface area contributed by atoms with Gasteiger partial charge in [0, 0.05) is 12.1 Å². The van der Waals surface area contributed by atoms with E-state index in [1.807, 2.05) is 30.3 Å². The maximum absolute atomic E-state index is 11.9. The van der Waals surface area contributed by atoms with Crippen LogP contribution in [-0.4, -0.2) is 30.9 Å². The molecule has 0 saturated heterocycles. The summed E-state index contributed by atoms with van der Waals surface area (Å²) < 4.78 is 0. The van der Waals surface area contributed by atoms with Crippen LogP contribution >= 0.6 is 0 Å². The van der Waals surface area contributed by atoms with Crippen molar-refractivity contribution in [2.75, 3.05) is 13.1 Å². The lowest BCUT2D eigenvalue weighted by Gasteiger charge is -2.12. The Morgan fingerprint density at radius 1 is 1.44 bits per heavy atom. The van der Waals surface area contributed by atoms with Crippen molar-refractivity contribution in [3.8, 4) is 0 Å². The first-order valence-electron chi connectivity index (χ1n) is 6.45. The SMILES string of the molecule is CCCCNC(=O)C1CN=C(c2ccccc2)N1. The van der Waals surface area contributed by atoms with Crippen LogP contribution in [0.15, 0.2) is 35.3 Å². The molecule has 96 valence electrons. The third-order valence-corrected chi connectivity index (χ3v) is 2.94. The number of carbonyl (C=O) groups excluding carboxylic acids is 1. The average Bonchev–Trinajstić information content (AvgIpc) is 2.89. The molecule has 4 nitrogen and oxygen atoms in total. The van der Waals surface area contributed by atoms with Crippen molar-refractivity contribution in [3.05, 3.63) is 35.9 Å². The van der Waals surface area contributed by atoms with Gasteiger partial charge in [-0.15, -0.1) is 0 Å². The molecule has 1 unspecified atom stereocenters.